The molecule has 0 atom stereocenters. The molecular formula is C23H33N3O2. The number of nitrogens with one attached hydrogen (secondary N) is 1. The number of likely N-dealkylation sites (tertiary alicyclic amines) is 2. The topological polar surface area (TPSA) is 48.6 Å². The van der Waals surface area contributed by atoms with Gasteiger partial charge in [-0.1, -0.05) is 0 Å². The fraction of sp³-hybridized carbons (Fsp3) is 0.609. The van der Waals surface area contributed by atoms with E-state index in [1.807, 2.05) is 6.07 Å². The maximum Gasteiger partial charge on any atom is 0.222 e. The van der Waals surface area contributed by atoms with E-state index in [2.05, 4.69) is 33.8 Å². The number of fused-ring (bicyclic) bond motifs is 1. The number of hydrogen-bond acceptors (Lipinski definition) is 3. The lowest BCUT2D eigenvalue weighted by Crippen LogP contribution is -2.34. The number of H-pyrrole nitrogens is 1. The second-order valence-electron chi connectivity index (χ2n) is 8.49. The van der Waals surface area contributed by atoms with Crippen molar-refractivity contribution in [3.63, 3.8) is 0 Å². The number of nitrogens with zero attached hydrogens (tertiary/aromatic N) is 2. The first-order valence-corrected chi connectivity index (χ1v) is 10.8. The average Bonchev–Trinajstić information content (AvgIpc) is 3.36. The first-order chi connectivity index (χ1) is 13.6. The predicted molar refractivity (Wildman–Crippen MR) is 113 cm³/mol. The van der Waals surface area contributed by atoms with Crippen molar-refractivity contribution in [3.05, 3.63) is 29.5 Å². The molecule has 152 valence electrons. The molecule has 2 aliphatic heterocycles. The number of aryl methyl sites for hydroxylation is 1. The van der Waals surface area contributed by atoms with E-state index in [0.717, 1.165) is 51.3 Å². The summed E-state index contributed by atoms with van der Waals surface area (Å²) in [5.74, 6) is 1.99. The Morgan fingerprint density at radius 1 is 1.18 bits per heavy atom. The predicted octanol–water partition coefficient (Wildman–Crippen LogP) is 4.10. The van der Waals surface area contributed by atoms with Crippen LogP contribution in [0.4, 0.5) is 0 Å². The maximum absolute atomic E-state index is 12.3. The molecule has 2 aliphatic rings. The van der Waals surface area contributed by atoms with Crippen molar-refractivity contribution < 1.29 is 9.53 Å². The van der Waals surface area contributed by atoms with Gasteiger partial charge < -0.3 is 14.6 Å². The van der Waals surface area contributed by atoms with Crippen molar-refractivity contribution in [3.8, 4) is 5.75 Å². The van der Waals surface area contributed by atoms with Crippen LogP contribution in [0.25, 0.3) is 10.9 Å². The Hall–Kier alpha value is -2.01. The molecule has 1 amide bonds. The van der Waals surface area contributed by atoms with Gasteiger partial charge in [-0.2, -0.15) is 0 Å². The smallest absolute Gasteiger partial charge is 0.222 e. The van der Waals surface area contributed by atoms with E-state index in [-0.39, 0.29) is 0 Å². The van der Waals surface area contributed by atoms with Crippen LogP contribution in [0.1, 0.15) is 49.8 Å². The molecular weight excluding hydrogens is 350 g/mol. The number of aromatic nitrogens is 1. The molecule has 0 aliphatic carbocycles. The molecule has 1 N–H and O–H groups in total. The third-order valence-electron chi connectivity index (χ3n) is 6.68. The Kier molecular flexibility index (Phi) is 5.90. The molecule has 1 aromatic carbocycles. The van der Waals surface area contributed by atoms with E-state index in [9.17, 15) is 4.79 Å². The summed E-state index contributed by atoms with van der Waals surface area (Å²) in [6.45, 7) is 7.38. The van der Waals surface area contributed by atoms with Gasteiger partial charge in [-0.3, -0.25) is 9.69 Å². The van der Waals surface area contributed by atoms with Crippen molar-refractivity contribution in [2.24, 2.45) is 5.92 Å². The number of amides is 1. The molecule has 2 saturated heterocycles. The Labute approximate surface area is 168 Å². The number of carbonyl (C=O) groups excluding carboxylic acids is 1. The molecule has 1 aromatic heterocycles. The molecule has 2 aromatic rings. The monoisotopic (exact) mass is 383 g/mol. The number of piperidine rings is 1. The van der Waals surface area contributed by atoms with Crippen LogP contribution in [-0.4, -0.2) is 54.0 Å². The van der Waals surface area contributed by atoms with E-state index in [1.54, 1.807) is 7.11 Å². The van der Waals surface area contributed by atoms with E-state index in [1.165, 1.54) is 47.8 Å². The normalized spacial score (nSPS) is 18.9. The van der Waals surface area contributed by atoms with Gasteiger partial charge in [-0.05, 0) is 81.8 Å². The highest BCUT2D eigenvalue weighted by Crippen LogP contribution is 2.28. The fourth-order valence-corrected chi connectivity index (χ4v) is 4.76. The minimum Gasteiger partial charge on any atom is -0.497 e. The van der Waals surface area contributed by atoms with E-state index in [4.69, 9.17) is 4.74 Å². The van der Waals surface area contributed by atoms with Crippen LogP contribution in [0.15, 0.2) is 18.2 Å². The summed E-state index contributed by atoms with van der Waals surface area (Å²) < 4.78 is 5.37. The van der Waals surface area contributed by atoms with Gasteiger partial charge in [0.15, 0.2) is 0 Å². The molecule has 0 spiro atoms. The van der Waals surface area contributed by atoms with Crippen LogP contribution in [0, 0.1) is 12.8 Å². The zero-order chi connectivity index (χ0) is 19.5. The highest BCUT2D eigenvalue weighted by Gasteiger charge is 2.23. The lowest BCUT2D eigenvalue weighted by atomic mass is 9.92. The van der Waals surface area contributed by atoms with E-state index >= 15 is 0 Å². The molecule has 5 heteroatoms. The Balaban J connectivity index is 1.28. The highest BCUT2D eigenvalue weighted by molar-refractivity contribution is 5.85. The van der Waals surface area contributed by atoms with Gasteiger partial charge in [0.1, 0.15) is 5.75 Å². The molecule has 0 bridgehead atoms. The van der Waals surface area contributed by atoms with Crippen LogP contribution in [-0.2, 0) is 11.3 Å². The summed E-state index contributed by atoms with van der Waals surface area (Å²) in [6, 6.07) is 6.24. The second kappa shape index (κ2) is 8.56. The summed E-state index contributed by atoms with van der Waals surface area (Å²) >= 11 is 0. The first kappa shape index (κ1) is 19.3. The van der Waals surface area contributed by atoms with Gasteiger partial charge in [0.05, 0.1) is 7.11 Å². The van der Waals surface area contributed by atoms with Crippen LogP contribution in [0.3, 0.4) is 0 Å². The quantitative estimate of drug-likeness (QED) is 0.817. The van der Waals surface area contributed by atoms with E-state index < -0.39 is 0 Å². The maximum atomic E-state index is 12.3. The molecule has 5 nitrogen and oxygen atoms in total. The number of aromatic amines is 1. The minimum atomic E-state index is 0.379. The van der Waals surface area contributed by atoms with Crippen molar-refractivity contribution in [2.75, 3.05) is 33.3 Å². The summed E-state index contributed by atoms with van der Waals surface area (Å²) in [5, 5.41) is 1.25. The van der Waals surface area contributed by atoms with Crippen molar-refractivity contribution in [1.29, 1.82) is 0 Å². The van der Waals surface area contributed by atoms with Gasteiger partial charge in [-0.25, -0.2) is 0 Å². The molecule has 28 heavy (non-hydrogen) atoms. The first-order valence-electron chi connectivity index (χ1n) is 10.8. The summed E-state index contributed by atoms with van der Waals surface area (Å²) in [5.41, 5.74) is 3.82. The van der Waals surface area contributed by atoms with Crippen molar-refractivity contribution in [1.82, 2.24) is 14.8 Å². The number of rotatable bonds is 6. The van der Waals surface area contributed by atoms with Gasteiger partial charge in [-0.15, -0.1) is 0 Å². The molecule has 3 heterocycles. The number of hydrogen-bond donors (Lipinski definition) is 1. The zero-order valence-corrected chi connectivity index (χ0v) is 17.3. The van der Waals surface area contributed by atoms with E-state index in [0.29, 0.717) is 11.8 Å². The molecule has 0 unspecified atom stereocenters. The van der Waals surface area contributed by atoms with Gasteiger partial charge >= 0.3 is 0 Å². The Morgan fingerprint density at radius 2 is 1.93 bits per heavy atom. The number of carbonyl (C=O) groups is 1. The summed E-state index contributed by atoms with van der Waals surface area (Å²) in [6.07, 6.45) is 6.59. The summed E-state index contributed by atoms with van der Waals surface area (Å²) in [4.78, 5) is 20.5. The van der Waals surface area contributed by atoms with Gasteiger partial charge in [0, 0.05) is 42.7 Å². The van der Waals surface area contributed by atoms with Crippen LogP contribution in [0.5, 0.6) is 5.75 Å². The number of ether oxygens (including phenoxy) is 1. The molecule has 0 radical (unpaired) electrons. The highest BCUT2D eigenvalue weighted by atomic mass is 16.5. The lowest BCUT2D eigenvalue weighted by Gasteiger charge is -2.32. The SMILES string of the molecule is COc1ccc2[nH]c(CN3CCC(CCC(=O)N4CCCC4)CC3)c(C)c2c1. The zero-order valence-electron chi connectivity index (χ0n) is 17.3. The third kappa shape index (κ3) is 4.19. The van der Waals surface area contributed by atoms with Crippen molar-refractivity contribution >= 4 is 16.8 Å². The molecule has 4 rings (SSSR count). The van der Waals surface area contributed by atoms with Crippen LogP contribution >= 0.6 is 0 Å². The van der Waals surface area contributed by atoms with Gasteiger partial charge in [0.25, 0.3) is 0 Å². The standard InChI is InChI=1S/C23H33N3O2/c1-17-20-15-19(28-2)6-7-21(20)24-22(17)16-25-13-9-18(10-14-25)5-8-23(27)26-11-3-4-12-26/h6-7,15,18,24H,3-5,8-14,16H2,1-2H3. The summed E-state index contributed by atoms with van der Waals surface area (Å²) in [7, 11) is 1.72. The van der Waals surface area contributed by atoms with Crippen molar-refractivity contribution in [2.45, 2.75) is 52.0 Å². The largest absolute Gasteiger partial charge is 0.497 e. The third-order valence-corrected chi connectivity index (χ3v) is 6.68. The second-order valence-corrected chi connectivity index (χ2v) is 8.49. The van der Waals surface area contributed by atoms with Crippen LogP contribution in [0.2, 0.25) is 0 Å². The molecule has 2 fully saturated rings. The van der Waals surface area contributed by atoms with Crippen LogP contribution < -0.4 is 4.74 Å². The lowest BCUT2D eigenvalue weighted by molar-refractivity contribution is -0.130. The number of benzene rings is 1. The Morgan fingerprint density at radius 3 is 2.64 bits per heavy atom. The van der Waals surface area contributed by atoms with Gasteiger partial charge in [0.2, 0.25) is 5.91 Å². The molecule has 0 saturated carbocycles. The Bertz CT molecular complexity index is 815. The average molecular weight is 384 g/mol. The number of methoxy groups -OCH3 is 1. The fourth-order valence-electron chi connectivity index (χ4n) is 4.76. The minimum absolute atomic E-state index is 0.379.